The van der Waals surface area contributed by atoms with Gasteiger partial charge in [0.15, 0.2) is 0 Å². The average Bonchev–Trinajstić information content (AvgIpc) is 2.69. The number of ether oxygens (including phenoxy) is 1. The van der Waals surface area contributed by atoms with Crippen molar-refractivity contribution >= 4 is 21.6 Å². The fourth-order valence-corrected chi connectivity index (χ4v) is 4.08. The Morgan fingerprint density at radius 1 is 1.17 bits per heavy atom. The van der Waals surface area contributed by atoms with Gasteiger partial charge in [-0.05, 0) is 37.5 Å². The molecule has 2 rings (SSSR count). The van der Waals surface area contributed by atoms with E-state index in [1.807, 2.05) is 38.1 Å². The Bertz CT molecular complexity index is 911. The van der Waals surface area contributed by atoms with Gasteiger partial charge in [-0.25, -0.2) is 8.42 Å². The molecule has 6 nitrogen and oxygen atoms in total. The number of rotatable bonds is 10. The van der Waals surface area contributed by atoms with Crippen LogP contribution in [-0.4, -0.2) is 34.2 Å². The molecule has 1 atom stereocenters. The molecule has 0 saturated heterocycles. The molecule has 0 aliphatic heterocycles. The van der Waals surface area contributed by atoms with Crippen LogP contribution in [0.25, 0.3) is 0 Å². The van der Waals surface area contributed by atoms with Crippen LogP contribution in [0.3, 0.4) is 0 Å². The molecule has 0 radical (unpaired) electrons. The van der Waals surface area contributed by atoms with E-state index in [0.29, 0.717) is 17.9 Å². The van der Waals surface area contributed by atoms with E-state index in [1.165, 1.54) is 17.0 Å². The van der Waals surface area contributed by atoms with Gasteiger partial charge in [-0.2, -0.15) is 0 Å². The van der Waals surface area contributed by atoms with Crippen molar-refractivity contribution in [1.29, 1.82) is 0 Å². The molecule has 0 aromatic heterocycles. The summed E-state index contributed by atoms with van der Waals surface area (Å²) < 4.78 is 30.9. The molecule has 1 amide bonds. The Labute approximate surface area is 173 Å². The third-order valence-corrected chi connectivity index (χ3v) is 5.92. The van der Waals surface area contributed by atoms with Crippen molar-refractivity contribution in [3.8, 4) is 5.75 Å². The second-order valence-corrected chi connectivity index (χ2v) is 8.99. The van der Waals surface area contributed by atoms with Gasteiger partial charge in [-0.15, -0.1) is 0 Å². The van der Waals surface area contributed by atoms with Gasteiger partial charge in [0, 0.05) is 19.0 Å². The van der Waals surface area contributed by atoms with E-state index in [2.05, 4.69) is 5.32 Å². The quantitative estimate of drug-likeness (QED) is 0.636. The highest BCUT2D eigenvalue weighted by atomic mass is 32.2. The van der Waals surface area contributed by atoms with E-state index < -0.39 is 10.0 Å². The monoisotopic (exact) mass is 418 g/mol. The minimum Gasteiger partial charge on any atom is -0.497 e. The van der Waals surface area contributed by atoms with Crippen LogP contribution < -0.4 is 14.4 Å². The summed E-state index contributed by atoms with van der Waals surface area (Å²) in [5.41, 5.74) is 2.77. The van der Waals surface area contributed by atoms with Crippen LogP contribution in [0.4, 0.5) is 5.69 Å². The fourth-order valence-electron chi connectivity index (χ4n) is 3.12. The Balaban J connectivity index is 1.97. The number of nitrogens with one attached hydrogen (secondary N) is 1. The van der Waals surface area contributed by atoms with Gasteiger partial charge < -0.3 is 10.1 Å². The Morgan fingerprint density at radius 3 is 2.45 bits per heavy atom. The topological polar surface area (TPSA) is 75.7 Å². The fraction of sp³-hybridized carbons (Fsp3) is 0.409. The van der Waals surface area contributed by atoms with E-state index in [0.717, 1.165) is 18.2 Å². The summed E-state index contributed by atoms with van der Waals surface area (Å²) in [6.45, 7) is 4.28. The van der Waals surface area contributed by atoms with Crippen molar-refractivity contribution in [2.45, 2.75) is 39.2 Å². The molecule has 2 aromatic rings. The first-order valence-corrected chi connectivity index (χ1v) is 11.6. The average molecular weight is 419 g/mol. The number of anilines is 1. The molecule has 0 fully saturated rings. The Hall–Kier alpha value is -2.54. The predicted octanol–water partition coefficient (Wildman–Crippen LogP) is 3.82. The minimum atomic E-state index is -3.47. The zero-order valence-corrected chi connectivity index (χ0v) is 18.3. The summed E-state index contributed by atoms with van der Waals surface area (Å²) in [7, 11) is -1.94. The highest BCUT2D eigenvalue weighted by Gasteiger charge is 2.19. The van der Waals surface area contributed by atoms with Gasteiger partial charge in [0.1, 0.15) is 5.75 Å². The van der Waals surface area contributed by atoms with Crippen LogP contribution >= 0.6 is 0 Å². The third-order valence-electron chi connectivity index (χ3n) is 4.73. The lowest BCUT2D eigenvalue weighted by atomic mass is 10.0. The molecule has 2 aromatic carbocycles. The van der Waals surface area contributed by atoms with Crippen LogP contribution in [0, 0.1) is 6.92 Å². The maximum absolute atomic E-state index is 12.4. The van der Waals surface area contributed by atoms with Crippen molar-refractivity contribution in [2.24, 2.45) is 0 Å². The van der Waals surface area contributed by atoms with E-state index in [4.69, 9.17) is 4.74 Å². The normalized spacial score (nSPS) is 12.3. The maximum atomic E-state index is 12.4. The van der Waals surface area contributed by atoms with E-state index in [-0.39, 0.29) is 24.9 Å². The zero-order chi connectivity index (χ0) is 21.4. The van der Waals surface area contributed by atoms with Gasteiger partial charge in [-0.3, -0.25) is 9.10 Å². The zero-order valence-electron chi connectivity index (χ0n) is 17.5. The van der Waals surface area contributed by atoms with Crippen molar-refractivity contribution in [3.05, 3.63) is 59.7 Å². The first-order chi connectivity index (χ1) is 13.7. The molecular weight excluding hydrogens is 388 g/mol. The molecule has 29 heavy (non-hydrogen) atoms. The lowest BCUT2D eigenvalue weighted by Gasteiger charge is -2.23. The molecule has 158 valence electrons. The summed E-state index contributed by atoms with van der Waals surface area (Å²) in [6, 6.07) is 15.0. The van der Waals surface area contributed by atoms with Crippen molar-refractivity contribution in [2.75, 3.05) is 24.2 Å². The lowest BCUT2D eigenvalue weighted by Crippen LogP contribution is -2.33. The SMILES string of the molecule is CCC(NC(=O)CCCN(c1cccc(OC)c1)S(C)(=O)=O)c1ccc(C)cc1. The Kier molecular flexibility index (Phi) is 8.08. The lowest BCUT2D eigenvalue weighted by molar-refractivity contribution is -0.121. The van der Waals surface area contributed by atoms with Crippen molar-refractivity contribution in [3.63, 3.8) is 0 Å². The number of aryl methyl sites for hydroxylation is 1. The van der Waals surface area contributed by atoms with Crippen LogP contribution in [0.1, 0.15) is 43.4 Å². The predicted molar refractivity (Wildman–Crippen MR) is 117 cm³/mol. The molecule has 1 N–H and O–H groups in total. The molecule has 0 saturated carbocycles. The van der Waals surface area contributed by atoms with Gasteiger partial charge in [0.25, 0.3) is 0 Å². The number of hydrogen-bond donors (Lipinski definition) is 1. The summed E-state index contributed by atoms with van der Waals surface area (Å²) in [5.74, 6) is 0.495. The second kappa shape index (κ2) is 10.3. The maximum Gasteiger partial charge on any atom is 0.232 e. The molecule has 0 aliphatic carbocycles. The number of methoxy groups -OCH3 is 1. The highest BCUT2D eigenvalue weighted by Crippen LogP contribution is 2.23. The summed E-state index contributed by atoms with van der Waals surface area (Å²) in [5, 5.41) is 3.05. The number of carbonyl (C=O) groups excluding carboxylic acids is 1. The summed E-state index contributed by atoms with van der Waals surface area (Å²) in [4.78, 5) is 12.4. The van der Waals surface area contributed by atoms with Crippen molar-refractivity contribution in [1.82, 2.24) is 5.32 Å². The number of hydrogen-bond acceptors (Lipinski definition) is 4. The second-order valence-electron chi connectivity index (χ2n) is 7.08. The number of amides is 1. The summed E-state index contributed by atoms with van der Waals surface area (Å²) >= 11 is 0. The Morgan fingerprint density at radius 2 is 1.86 bits per heavy atom. The van der Waals surface area contributed by atoms with Gasteiger partial charge in [0.2, 0.25) is 15.9 Å². The van der Waals surface area contributed by atoms with Crippen LogP contribution in [0.15, 0.2) is 48.5 Å². The van der Waals surface area contributed by atoms with Crippen molar-refractivity contribution < 1.29 is 17.9 Å². The number of nitrogens with zero attached hydrogens (tertiary/aromatic N) is 1. The van der Waals surface area contributed by atoms with Gasteiger partial charge >= 0.3 is 0 Å². The molecule has 0 aliphatic rings. The van der Waals surface area contributed by atoms with Crippen LogP contribution in [0.2, 0.25) is 0 Å². The van der Waals surface area contributed by atoms with Crippen LogP contribution in [0.5, 0.6) is 5.75 Å². The van der Waals surface area contributed by atoms with E-state index >= 15 is 0 Å². The van der Waals surface area contributed by atoms with Gasteiger partial charge in [0.05, 0.1) is 25.1 Å². The highest BCUT2D eigenvalue weighted by molar-refractivity contribution is 7.92. The third kappa shape index (κ3) is 6.78. The first-order valence-electron chi connectivity index (χ1n) is 9.72. The molecule has 1 unspecified atom stereocenters. The van der Waals surface area contributed by atoms with Gasteiger partial charge in [-0.1, -0.05) is 42.8 Å². The molecule has 7 heteroatoms. The first kappa shape index (κ1) is 22.7. The standard InChI is InChI=1S/C22H30N2O4S/c1-5-21(18-13-11-17(2)12-14-18)23-22(25)10-7-15-24(29(4,26)27)19-8-6-9-20(16-19)28-3/h6,8-9,11-14,16,21H,5,7,10,15H2,1-4H3,(H,23,25). The summed E-state index contributed by atoms with van der Waals surface area (Å²) in [6.07, 6.45) is 2.62. The number of sulfonamides is 1. The van der Waals surface area contributed by atoms with E-state index in [9.17, 15) is 13.2 Å². The minimum absolute atomic E-state index is 0.0486. The van der Waals surface area contributed by atoms with E-state index in [1.54, 1.807) is 24.3 Å². The molecule has 0 bridgehead atoms. The molecule has 0 heterocycles. The number of benzene rings is 2. The van der Waals surface area contributed by atoms with Crippen LogP contribution in [-0.2, 0) is 14.8 Å². The smallest absolute Gasteiger partial charge is 0.232 e. The number of carbonyl (C=O) groups is 1. The molecular formula is C22H30N2O4S. The largest absolute Gasteiger partial charge is 0.497 e. The molecule has 0 spiro atoms.